The first kappa shape index (κ1) is 9.04. The minimum atomic E-state index is 0.144. The van der Waals surface area contributed by atoms with Crippen LogP contribution in [-0.2, 0) is 0 Å². The van der Waals surface area contributed by atoms with E-state index < -0.39 is 0 Å². The van der Waals surface area contributed by atoms with E-state index in [-0.39, 0.29) is 11.5 Å². The van der Waals surface area contributed by atoms with Crippen LogP contribution in [-0.4, -0.2) is 10.2 Å². The highest BCUT2D eigenvalue weighted by Gasteiger charge is 2.02. The van der Waals surface area contributed by atoms with Gasteiger partial charge in [0.05, 0.1) is 0 Å². The third-order valence-electron chi connectivity index (χ3n) is 2.72. The summed E-state index contributed by atoms with van der Waals surface area (Å²) < 4.78 is 0. The Morgan fingerprint density at radius 1 is 0.812 bits per heavy atom. The third kappa shape index (κ3) is 1.27. The minimum Gasteiger partial charge on any atom is -0.508 e. The van der Waals surface area contributed by atoms with Crippen molar-refractivity contribution < 1.29 is 10.2 Å². The standard InChI is InChI=1S/C14H9O2/c15-11-3-5-13-9(7-11)1-2-10-8-12(16)4-6-14(10)13/h1-7,15-16H. The molecule has 0 aromatic heterocycles. The molecule has 0 aliphatic carbocycles. The maximum Gasteiger partial charge on any atom is 0.124 e. The molecule has 3 rings (SSSR count). The third-order valence-corrected chi connectivity index (χ3v) is 2.72. The van der Waals surface area contributed by atoms with Crippen molar-refractivity contribution in [1.29, 1.82) is 0 Å². The van der Waals surface area contributed by atoms with Gasteiger partial charge in [-0.15, -0.1) is 0 Å². The number of hydrogen-bond donors (Lipinski definition) is 2. The van der Waals surface area contributed by atoms with E-state index in [1.807, 2.05) is 24.3 Å². The van der Waals surface area contributed by atoms with Gasteiger partial charge in [-0.2, -0.15) is 0 Å². The summed E-state index contributed by atoms with van der Waals surface area (Å²) in [4.78, 5) is 0. The lowest BCUT2D eigenvalue weighted by Gasteiger charge is -2.04. The average molecular weight is 209 g/mol. The summed E-state index contributed by atoms with van der Waals surface area (Å²) in [5.74, 6) is 0.403. The summed E-state index contributed by atoms with van der Waals surface area (Å²) in [6.45, 7) is 0. The number of phenolic OH excluding ortho intramolecular Hbond substituents is 2. The van der Waals surface area contributed by atoms with Crippen LogP contribution in [0, 0.1) is 6.07 Å². The van der Waals surface area contributed by atoms with Gasteiger partial charge in [0.15, 0.2) is 0 Å². The second-order valence-electron chi connectivity index (χ2n) is 3.78. The number of phenols is 2. The van der Waals surface area contributed by atoms with Crippen LogP contribution in [0.25, 0.3) is 21.5 Å². The molecule has 0 fully saturated rings. The van der Waals surface area contributed by atoms with Gasteiger partial charge in [0.1, 0.15) is 11.5 Å². The molecule has 0 spiro atoms. The van der Waals surface area contributed by atoms with Gasteiger partial charge in [-0.1, -0.05) is 24.3 Å². The van der Waals surface area contributed by atoms with Gasteiger partial charge in [0, 0.05) is 6.07 Å². The number of rotatable bonds is 0. The summed E-state index contributed by atoms with van der Waals surface area (Å²) in [7, 11) is 0. The number of hydrogen-bond acceptors (Lipinski definition) is 2. The molecule has 3 aromatic rings. The van der Waals surface area contributed by atoms with Crippen molar-refractivity contribution in [3.8, 4) is 11.5 Å². The fourth-order valence-corrected chi connectivity index (χ4v) is 1.97. The van der Waals surface area contributed by atoms with E-state index >= 15 is 0 Å². The summed E-state index contributed by atoms with van der Waals surface area (Å²) >= 11 is 0. The fraction of sp³-hybridized carbons (Fsp3) is 0. The monoisotopic (exact) mass is 209 g/mol. The van der Waals surface area contributed by atoms with Gasteiger partial charge in [0.25, 0.3) is 0 Å². The van der Waals surface area contributed by atoms with E-state index in [1.165, 1.54) is 0 Å². The second-order valence-corrected chi connectivity index (χ2v) is 3.78. The lowest BCUT2D eigenvalue weighted by atomic mass is 10.0. The van der Waals surface area contributed by atoms with Crippen LogP contribution in [0.3, 0.4) is 0 Å². The Hall–Kier alpha value is -2.22. The largest absolute Gasteiger partial charge is 0.508 e. The quantitative estimate of drug-likeness (QED) is 0.558. The molecule has 0 saturated heterocycles. The lowest BCUT2D eigenvalue weighted by molar-refractivity contribution is 0.474. The van der Waals surface area contributed by atoms with Crippen LogP contribution in [0.15, 0.2) is 42.5 Å². The second kappa shape index (κ2) is 3.14. The first-order chi connectivity index (χ1) is 7.74. The molecule has 0 aliphatic heterocycles. The number of benzene rings is 3. The molecule has 0 bridgehead atoms. The van der Waals surface area contributed by atoms with Crippen LogP contribution in [0.1, 0.15) is 0 Å². The van der Waals surface area contributed by atoms with E-state index in [0.717, 1.165) is 21.5 Å². The molecule has 0 atom stereocenters. The highest BCUT2D eigenvalue weighted by molar-refractivity contribution is 6.07. The van der Waals surface area contributed by atoms with Gasteiger partial charge in [-0.05, 0) is 39.7 Å². The lowest BCUT2D eigenvalue weighted by Crippen LogP contribution is -1.78. The average Bonchev–Trinajstić information content (AvgIpc) is 2.28. The van der Waals surface area contributed by atoms with E-state index in [2.05, 4.69) is 6.07 Å². The van der Waals surface area contributed by atoms with E-state index in [9.17, 15) is 10.2 Å². The summed E-state index contributed by atoms with van der Waals surface area (Å²) in [6.07, 6.45) is 0. The number of fused-ring (bicyclic) bond motifs is 3. The van der Waals surface area contributed by atoms with Crippen molar-refractivity contribution in [1.82, 2.24) is 0 Å². The predicted octanol–water partition coefficient (Wildman–Crippen LogP) is 3.20. The summed E-state index contributed by atoms with van der Waals surface area (Å²) in [5.41, 5.74) is 0. The zero-order chi connectivity index (χ0) is 11.1. The highest BCUT2D eigenvalue weighted by Crippen LogP contribution is 2.29. The molecule has 2 N–H and O–H groups in total. The van der Waals surface area contributed by atoms with Gasteiger partial charge < -0.3 is 10.2 Å². The molecule has 2 nitrogen and oxygen atoms in total. The van der Waals surface area contributed by atoms with Crippen molar-refractivity contribution in [2.75, 3.05) is 0 Å². The molecule has 77 valence electrons. The fourth-order valence-electron chi connectivity index (χ4n) is 1.97. The van der Waals surface area contributed by atoms with E-state index in [4.69, 9.17) is 0 Å². The van der Waals surface area contributed by atoms with Crippen LogP contribution in [0.4, 0.5) is 0 Å². The molecule has 0 unspecified atom stereocenters. The molecular weight excluding hydrogens is 200 g/mol. The topological polar surface area (TPSA) is 40.5 Å². The zero-order valence-electron chi connectivity index (χ0n) is 8.44. The molecular formula is C14H9O2. The van der Waals surface area contributed by atoms with Crippen LogP contribution >= 0.6 is 0 Å². The highest BCUT2D eigenvalue weighted by atomic mass is 16.3. The van der Waals surface area contributed by atoms with Gasteiger partial charge in [0.2, 0.25) is 0 Å². The maximum absolute atomic E-state index is 9.40. The van der Waals surface area contributed by atoms with Crippen molar-refractivity contribution in [3.05, 3.63) is 48.5 Å². The summed E-state index contributed by atoms with van der Waals surface area (Å²) in [5, 5.41) is 22.7. The molecule has 2 heteroatoms. The smallest absolute Gasteiger partial charge is 0.124 e. The summed E-state index contributed by atoms with van der Waals surface area (Å²) in [6, 6.07) is 15.4. The molecule has 0 heterocycles. The zero-order valence-corrected chi connectivity index (χ0v) is 8.44. The Labute approximate surface area is 92.4 Å². The predicted molar refractivity (Wildman–Crippen MR) is 63.6 cm³/mol. The maximum atomic E-state index is 9.40. The SMILES string of the molecule is Oc1[c]c2ccc3cc(O)ccc3c2cc1. The first-order valence-electron chi connectivity index (χ1n) is 5.01. The van der Waals surface area contributed by atoms with Crippen LogP contribution in [0.5, 0.6) is 11.5 Å². The molecule has 3 aromatic carbocycles. The van der Waals surface area contributed by atoms with Crippen molar-refractivity contribution in [3.63, 3.8) is 0 Å². The van der Waals surface area contributed by atoms with Crippen molar-refractivity contribution >= 4 is 21.5 Å². The van der Waals surface area contributed by atoms with E-state index in [1.54, 1.807) is 18.2 Å². The molecule has 1 radical (unpaired) electrons. The van der Waals surface area contributed by atoms with Crippen LogP contribution < -0.4 is 0 Å². The Bertz CT molecular complexity index is 626. The van der Waals surface area contributed by atoms with Crippen molar-refractivity contribution in [2.45, 2.75) is 0 Å². The Balaban J connectivity index is 2.50. The van der Waals surface area contributed by atoms with Gasteiger partial charge in [-0.25, -0.2) is 0 Å². The van der Waals surface area contributed by atoms with Crippen molar-refractivity contribution in [2.24, 2.45) is 0 Å². The van der Waals surface area contributed by atoms with E-state index in [0.29, 0.717) is 0 Å². The van der Waals surface area contributed by atoms with Gasteiger partial charge >= 0.3 is 0 Å². The Kier molecular flexibility index (Phi) is 1.77. The molecule has 0 amide bonds. The molecule has 0 saturated carbocycles. The normalized spacial score (nSPS) is 11.0. The van der Waals surface area contributed by atoms with Gasteiger partial charge in [-0.3, -0.25) is 0 Å². The van der Waals surface area contributed by atoms with Crippen LogP contribution in [0.2, 0.25) is 0 Å². The number of aromatic hydroxyl groups is 2. The first-order valence-corrected chi connectivity index (χ1v) is 5.01. The minimum absolute atomic E-state index is 0.144. The molecule has 16 heavy (non-hydrogen) atoms. The Morgan fingerprint density at radius 3 is 2.50 bits per heavy atom. The molecule has 0 aliphatic rings. The Morgan fingerprint density at radius 2 is 1.62 bits per heavy atom.